The molecule has 0 fully saturated rings. The molecule has 0 amide bonds. The molecule has 37 heavy (non-hydrogen) atoms. The van der Waals surface area contributed by atoms with Crippen molar-refractivity contribution in [2.75, 3.05) is 144 Å². The molecule has 0 rings (SSSR count). The highest BCUT2D eigenvalue weighted by molar-refractivity contribution is 9.09. The molecule has 0 saturated heterocycles. The van der Waals surface area contributed by atoms with Crippen molar-refractivity contribution in [1.29, 1.82) is 0 Å². The third kappa shape index (κ3) is 36.0. The zero-order valence-corrected chi connectivity index (χ0v) is 24.6. The Morgan fingerprint density at radius 1 is 0.324 bits per heavy atom. The molecule has 0 aliphatic heterocycles. The molecule has 0 radical (unpaired) electrons. The third-order valence-electron chi connectivity index (χ3n) is 4.25. The van der Waals surface area contributed by atoms with Crippen LogP contribution in [0.5, 0.6) is 0 Å². The average Bonchev–Trinajstić information content (AvgIpc) is 2.89. The molecule has 0 N–H and O–H groups in total. The van der Waals surface area contributed by atoms with Gasteiger partial charge in [0.15, 0.2) is 0 Å². The van der Waals surface area contributed by atoms with E-state index in [9.17, 15) is 0 Å². The second kappa shape index (κ2) is 34.1. The zero-order valence-electron chi connectivity index (χ0n) is 23.0. The lowest BCUT2D eigenvalue weighted by Gasteiger charge is -2.09. The maximum Gasteiger partial charge on any atom is 0.0703 e. The topological polar surface area (TPSA) is 102 Å². The standard InChI is InChI=1S/C25H51BrO11/c1-25(2)37-24-23-36-22-21-35-20-19-34-18-17-33-16-15-32-14-13-31-12-11-30-10-9-29-8-7-28-6-5-27-4-3-26/h25H,3-24H2,1-2H3. The van der Waals surface area contributed by atoms with Crippen LogP contribution in [0, 0.1) is 0 Å². The second-order valence-electron chi connectivity index (χ2n) is 7.73. The minimum Gasteiger partial charge on any atom is -0.378 e. The maximum absolute atomic E-state index is 5.46. The first-order valence-corrected chi connectivity index (χ1v) is 14.3. The summed E-state index contributed by atoms with van der Waals surface area (Å²) in [5, 5.41) is 0.841. The van der Waals surface area contributed by atoms with E-state index < -0.39 is 0 Å². The highest BCUT2D eigenvalue weighted by Gasteiger charge is 1.96. The average molecular weight is 608 g/mol. The molecule has 0 bridgehead atoms. The molecule has 224 valence electrons. The molecule has 0 aromatic carbocycles. The largest absolute Gasteiger partial charge is 0.378 e. The highest BCUT2D eigenvalue weighted by Crippen LogP contribution is 1.89. The van der Waals surface area contributed by atoms with Crippen LogP contribution in [0.25, 0.3) is 0 Å². The Hall–Kier alpha value is 0.0400. The van der Waals surface area contributed by atoms with Gasteiger partial charge in [0.05, 0.1) is 145 Å². The Balaban J connectivity index is 3.01. The van der Waals surface area contributed by atoms with Gasteiger partial charge < -0.3 is 52.1 Å². The van der Waals surface area contributed by atoms with Gasteiger partial charge in [-0.3, -0.25) is 0 Å². The van der Waals surface area contributed by atoms with Gasteiger partial charge in [-0.15, -0.1) is 0 Å². The van der Waals surface area contributed by atoms with Crippen LogP contribution in [-0.4, -0.2) is 150 Å². The van der Waals surface area contributed by atoms with Gasteiger partial charge in [-0.1, -0.05) is 15.9 Å². The summed E-state index contributed by atoms with van der Waals surface area (Å²) in [4.78, 5) is 0. The van der Waals surface area contributed by atoms with E-state index in [1.807, 2.05) is 13.8 Å². The molecular weight excluding hydrogens is 556 g/mol. The Bertz CT molecular complexity index is 409. The first-order valence-electron chi connectivity index (χ1n) is 13.2. The van der Waals surface area contributed by atoms with Crippen LogP contribution in [0.4, 0.5) is 0 Å². The quantitative estimate of drug-likeness (QED) is 0.0809. The maximum atomic E-state index is 5.46. The van der Waals surface area contributed by atoms with Gasteiger partial charge >= 0.3 is 0 Å². The van der Waals surface area contributed by atoms with Crippen LogP contribution in [-0.2, 0) is 52.1 Å². The van der Waals surface area contributed by atoms with E-state index in [4.69, 9.17) is 52.1 Å². The van der Waals surface area contributed by atoms with Crippen molar-refractivity contribution < 1.29 is 52.1 Å². The van der Waals surface area contributed by atoms with Crippen LogP contribution in [0.15, 0.2) is 0 Å². The van der Waals surface area contributed by atoms with E-state index in [1.54, 1.807) is 0 Å². The first-order chi connectivity index (χ1) is 18.3. The summed E-state index contributed by atoms with van der Waals surface area (Å²) in [6, 6.07) is 0. The molecule has 0 heterocycles. The van der Waals surface area contributed by atoms with Gasteiger partial charge in [-0.05, 0) is 13.8 Å². The summed E-state index contributed by atoms with van der Waals surface area (Å²) < 4.78 is 59.5. The lowest BCUT2D eigenvalue weighted by Crippen LogP contribution is -2.15. The minimum absolute atomic E-state index is 0.235. The fourth-order valence-electron chi connectivity index (χ4n) is 2.48. The van der Waals surface area contributed by atoms with E-state index in [1.165, 1.54) is 0 Å². The number of hydrogen-bond donors (Lipinski definition) is 0. The molecule has 11 nitrogen and oxygen atoms in total. The molecule has 0 aliphatic carbocycles. The van der Waals surface area contributed by atoms with Crippen molar-refractivity contribution in [2.45, 2.75) is 20.0 Å². The number of ether oxygens (including phenoxy) is 11. The summed E-state index contributed by atoms with van der Waals surface area (Å²) in [7, 11) is 0. The van der Waals surface area contributed by atoms with Crippen LogP contribution in [0.3, 0.4) is 0 Å². The van der Waals surface area contributed by atoms with Crippen molar-refractivity contribution in [3.63, 3.8) is 0 Å². The normalized spacial score (nSPS) is 11.7. The van der Waals surface area contributed by atoms with Crippen molar-refractivity contribution in [3.8, 4) is 0 Å². The molecule has 0 aliphatic rings. The fraction of sp³-hybridized carbons (Fsp3) is 1.00. The van der Waals surface area contributed by atoms with Crippen molar-refractivity contribution in [1.82, 2.24) is 0 Å². The molecule has 0 unspecified atom stereocenters. The Morgan fingerprint density at radius 2 is 0.514 bits per heavy atom. The predicted octanol–water partition coefficient (Wildman–Crippen LogP) is 1.97. The molecule has 0 spiro atoms. The molecule has 0 aromatic heterocycles. The van der Waals surface area contributed by atoms with Crippen LogP contribution < -0.4 is 0 Å². The lowest BCUT2D eigenvalue weighted by molar-refractivity contribution is -0.0285. The van der Waals surface area contributed by atoms with Crippen LogP contribution in [0.2, 0.25) is 0 Å². The molecular formula is C25H51BrO11. The van der Waals surface area contributed by atoms with Crippen LogP contribution in [0.1, 0.15) is 13.8 Å². The summed E-state index contributed by atoms with van der Waals surface area (Å²) in [5.74, 6) is 0. The smallest absolute Gasteiger partial charge is 0.0703 e. The van der Waals surface area contributed by atoms with E-state index in [0.29, 0.717) is 139 Å². The zero-order chi connectivity index (χ0) is 26.9. The number of alkyl halides is 1. The SMILES string of the molecule is CC(C)OCCOCCOCCOCCOCCOCCOCCOCCOCCOCCOCCBr. The van der Waals surface area contributed by atoms with E-state index in [2.05, 4.69) is 15.9 Å². The fourth-order valence-corrected chi connectivity index (χ4v) is 2.71. The predicted molar refractivity (Wildman–Crippen MR) is 143 cm³/mol. The summed E-state index contributed by atoms with van der Waals surface area (Å²) in [6.07, 6.45) is 0.235. The number of hydrogen-bond acceptors (Lipinski definition) is 11. The molecule has 0 aromatic rings. The second-order valence-corrected chi connectivity index (χ2v) is 8.53. The van der Waals surface area contributed by atoms with Gasteiger partial charge in [0.25, 0.3) is 0 Å². The lowest BCUT2D eigenvalue weighted by atomic mass is 10.5. The summed E-state index contributed by atoms with van der Waals surface area (Å²) in [5.41, 5.74) is 0. The number of rotatable bonds is 33. The van der Waals surface area contributed by atoms with Crippen molar-refractivity contribution in [3.05, 3.63) is 0 Å². The molecule has 12 heteroatoms. The molecule has 0 saturated carbocycles. The highest BCUT2D eigenvalue weighted by atomic mass is 79.9. The van der Waals surface area contributed by atoms with E-state index >= 15 is 0 Å². The Kier molecular flexibility index (Phi) is 34.1. The van der Waals surface area contributed by atoms with Gasteiger partial charge in [-0.25, -0.2) is 0 Å². The van der Waals surface area contributed by atoms with Gasteiger partial charge in [-0.2, -0.15) is 0 Å². The summed E-state index contributed by atoms with van der Waals surface area (Å²) in [6.45, 7) is 15.7. The summed E-state index contributed by atoms with van der Waals surface area (Å²) >= 11 is 3.30. The van der Waals surface area contributed by atoms with Gasteiger partial charge in [0, 0.05) is 5.33 Å². The molecule has 0 atom stereocenters. The van der Waals surface area contributed by atoms with Crippen molar-refractivity contribution in [2.24, 2.45) is 0 Å². The van der Waals surface area contributed by atoms with Crippen LogP contribution >= 0.6 is 15.9 Å². The number of halogens is 1. The van der Waals surface area contributed by atoms with E-state index in [0.717, 1.165) is 5.33 Å². The Labute approximate surface area is 232 Å². The minimum atomic E-state index is 0.235. The monoisotopic (exact) mass is 606 g/mol. The van der Waals surface area contributed by atoms with Gasteiger partial charge in [0.1, 0.15) is 0 Å². The van der Waals surface area contributed by atoms with E-state index in [-0.39, 0.29) is 6.10 Å². The third-order valence-corrected chi connectivity index (χ3v) is 4.57. The Morgan fingerprint density at radius 3 is 0.703 bits per heavy atom. The van der Waals surface area contributed by atoms with Crippen molar-refractivity contribution >= 4 is 15.9 Å². The van der Waals surface area contributed by atoms with Gasteiger partial charge in [0.2, 0.25) is 0 Å². The first kappa shape index (κ1) is 37.0.